The number of carbonyl (C=O) groups excluding carboxylic acids is 1. The first-order chi connectivity index (χ1) is 10.6. The molecule has 0 bridgehead atoms. The van der Waals surface area contributed by atoms with E-state index in [9.17, 15) is 14.7 Å². The van der Waals surface area contributed by atoms with Crippen molar-refractivity contribution >= 4 is 17.6 Å². The highest BCUT2D eigenvalue weighted by Crippen LogP contribution is 2.24. The van der Waals surface area contributed by atoms with Gasteiger partial charge in [0.2, 0.25) is 0 Å². The molecule has 1 unspecified atom stereocenters. The summed E-state index contributed by atoms with van der Waals surface area (Å²) in [5, 5.41) is 12.0. The zero-order valence-electron chi connectivity index (χ0n) is 14.6. The lowest BCUT2D eigenvalue weighted by atomic mass is 9.85. The normalized spacial score (nSPS) is 13.0. The average molecular weight is 321 g/mol. The first-order valence-electron chi connectivity index (χ1n) is 7.91. The van der Waals surface area contributed by atoms with E-state index in [1.54, 1.807) is 45.0 Å². The summed E-state index contributed by atoms with van der Waals surface area (Å²) in [5.41, 5.74) is 0.346. The predicted molar refractivity (Wildman–Crippen MR) is 90.6 cm³/mol. The topological polar surface area (TPSA) is 75.6 Å². The Hall–Kier alpha value is -1.88. The maximum Gasteiger partial charge on any atom is 0.313 e. The van der Waals surface area contributed by atoms with E-state index in [-0.39, 0.29) is 5.91 Å². The largest absolute Gasteiger partial charge is 0.481 e. The van der Waals surface area contributed by atoms with Crippen molar-refractivity contribution in [3.63, 3.8) is 0 Å². The summed E-state index contributed by atoms with van der Waals surface area (Å²) in [5.74, 6) is -0.559. The smallest absolute Gasteiger partial charge is 0.313 e. The molecule has 2 N–H and O–H groups in total. The maximum absolute atomic E-state index is 12.0. The minimum Gasteiger partial charge on any atom is -0.481 e. The summed E-state index contributed by atoms with van der Waals surface area (Å²) in [6.07, 6.45) is 0.389. The zero-order valence-corrected chi connectivity index (χ0v) is 14.6. The third kappa shape index (κ3) is 5.67. The van der Waals surface area contributed by atoms with Gasteiger partial charge in [-0.3, -0.25) is 9.59 Å². The molecule has 1 aromatic rings. The summed E-state index contributed by atoms with van der Waals surface area (Å²) in [7, 11) is 0. The molecule has 1 aromatic carbocycles. The third-order valence-corrected chi connectivity index (χ3v) is 3.84. The van der Waals surface area contributed by atoms with Crippen molar-refractivity contribution in [1.82, 2.24) is 0 Å². The van der Waals surface area contributed by atoms with Crippen LogP contribution in [0, 0.1) is 5.92 Å². The molecule has 0 fully saturated rings. The van der Waals surface area contributed by atoms with E-state index in [1.165, 1.54) is 0 Å². The van der Waals surface area contributed by atoms with Crippen LogP contribution < -0.4 is 5.32 Å². The minimum atomic E-state index is -0.963. The predicted octanol–water partition coefficient (Wildman–Crippen LogP) is 3.44. The first-order valence-corrected chi connectivity index (χ1v) is 7.91. The van der Waals surface area contributed by atoms with Crippen LogP contribution in [0.15, 0.2) is 24.3 Å². The monoisotopic (exact) mass is 321 g/mol. The summed E-state index contributed by atoms with van der Waals surface area (Å²) in [4.78, 5) is 23.3. The standard InChI is InChI=1S/C18H27NO4/c1-12(2)10-11-23-13(3)16(20)19-15-8-6-14(7-9-15)18(4,5)17(21)22/h6-9,12-13H,10-11H2,1-5H3,(H,19,20)(H,21,22). The van der Waals surface area contributed by atoms with Gasteiger partial charge in [-0.05, 0) is 50.8 Å². The van der Waals surface area contributed by atoms with Crippen LogP contribution in [0.25, 0.3) is 0 Å². The van der Waals surface area contributed by atoms with E-state index in [0.29, 0.717) is 23.8 Å². The number of hydrogen-bond acceptors (Lipinski definition) is 3. The quantitative estimate of drug-likeness (QED) is 0.769. The van der Waals surface area contributed by atoms with Crippen molar-refractivity contribution < 1.29 is 19.4 Å². The molecule has 0 aromatic heterocycles. The SMILES string of the molecule is CC(C)CCOC(C)C(=O)Nc1ccc(C(C)(C)C(=O)O)cc1. The number of anilines is 1. The van der Waals surface area contributed by atoms with E-state index in [0.717, 1.165) is 6.42 Å². The summed E-state index contributed by atoms with van der Waals surface area (Å²) >= 11 is 0. The van der Waals surface area contributed by atoms with E-state index in [2.05, 4.69) is 19.2 Å². The molecule has 0 aliphatic heterocycles. The molecule has 5 nitrogen and oxygen atoms in total. The van der Waals surface area contributed by atoms with Crippen LogP contribution in [0.4, 0.5) is 5.69 Å². The Labute approximate surface area is 138 Å². The number of benzene rings is 1. The Bertz CT molecular complexity index is 534. The minimum absolute atomic E-state index is 0.209. The van der Waals surface area contributed by atoms with Gasteiger partial charge in [-0.2, -0.15) is 0 Å². The van der Waals surface area contributed by atoms with Crippen molar-refractivity contribution in [1.29, 1.82) is 0 Å². The van der Waals surface area contributed by atoms with Crippen molar-refractivity contribution in [2.45, 2.75) is 52.6 Å². The molecule has 5 heteroatoms. The molecule has 0 aliphatic carbocycles. The Morgan fingerprint density at radius 3 is 2.22 bits per heavy atom. The highest BCUT2D eigenvalue weighted by molar-refractivity contribution is 5.94. The number of amides is 1. The Kier molecular flexibility index (Phi) is 6.76. The van der Waals surface area contributed by atoms with Crippen LogP contribution in [-0.4, -0.2) is 29.7 Å². The molecular weight excluding hydrogens is 294 g/mol. The number of carboxylic acids is 1. The molecule has 1 amide bonds. The number of rotatable bonds is 8. The van der Waals surface area contributed by atoms with Gasteiger partial charge in [-0.15, -0.1) is 0 Å². The van der Waals surface area contributed by atoms with E-state index < -0.39 is 17.5 Å². The highest BCUT2D eigenvalue weighted by atomic mass is 16.5. The van der Waals surface area contributed by atoms with Crippen LogP contribution in [0.2, 0.25) is 0 Å². The molecule has 0 aliphatic rings. The fraction of sp³-hybridized carbons (Fsp3) is 0.556. The van der Waals surface area contributed by atoms with Gasteiger partial charge < -0.3 is 15.2 Å². The van der Waals surface area contributed by atoms with Gasteiger partial charge in [-0.1, -0.05) is 26.0 Å². The Morgan fingerprint density at radius 1 is 1.17 bits per heavy atom. The second-order valence-electron chi connectivity index (χ2n) is 6.69. The fourth-order valence-electron chi connectivity index (χ4n) is 1.89. The number of ether oxygens (including phenoxy) is 1. The number of hydrogen-bond donors (Lipinski definition) is 2. The lowest BCUT2D eigenvalue weighted by molar-refractivity contribution is -0.142. The van der Waals surface area contributed by atoms with Crippen LogP contribution in [-0.2, 0) is 19.7 Å². The molecule has 128 valence electrons. The molecule has 1 rings (SSSR count). The van der Waals surface area contributed by atoms with Crippen molar-refractivity contribution in [3.8, 4) is 0 Å². The van der Waals surface area contributed by atoms with Crippen molar-refractivity contribution in [2.24, 2.45) is 5.92 Å². The van der Waals surface area contributed by atoms with Gasteiger partial charge in [0.1, 0.15) is 6.10 Å². The lowest BCUT2D eigenvalue weighted by Gasteiger charge is -2.20. The van der Waals surface area contributed by atoms with Gasteiger partial charge in [-0.25, -0.2) is 0 Å². The second kappa shape index (κ2) is 8.11. The Balaban J connectivity index is 2.61. The summed E-state index contributed by atoms with van der Waals surface area (Å²) < 4.78 is 5.51. The molecule has 0 spiro atoms. The van der Waals surface area contributed by atoms with Crippen molar-refractivity contribution in [3.05, 3.63) is 29.8 Å². The lowest BCUT2D eigenvalue weighted by Crippen LogP contribution is -2.29. The number of aliphatic carboxylic acids is 1. The summed E-state index contributed by atoms with van der Waals surface area (Å²) in [6, 6.07) is 6.85. The summed E-state index contributed by atoms with van der Waals surface area (Å²) in [6.45, 7) is 9.78. The van der Waals surface area contributed by atoms with Gasteiger partial charge in [0.25, 0.3) is 5.91 Å². The molecule has 23 heavy (non-hydrogen) atoms. The molecule has 0 heterocycles. The number of carboxylic acid groups (broad SMARTS) is 1. The third-order valence-electron chi connectivity index (χ3n) is 3.84. The fourth-order valence-corrected chi connectivity index (χ4v) is 1.89. The second-order valence-corrected chi connectivity index (χ2v) is 6.69. The number of nitrogens with one attached hydrogen (secondary N) is 1. The van der Waals surface area contributed by atoms with Gasteiger partial charge in [0.15, 0.2) is 0 Å². The van der Waals surface area contributed by atoms with E-state index >= 15 is 0 Å². The zero-order chi connectivity index (χ0) is 17.6. The van der Waals surface area contributed by atoms with Crippen LogP contribution in [0.3, 0.4) is 0 Å². The molecule has 0 radical (unpaired) electrons. The van der Waals surface area contributed by atoms with Gasteiger partial charge in [0, 0.05) is 12.3 Å². The maximum atomic E-state index is 12.0. The molecular formula is C18H27NO4. The highest BCUT2D eigenvalue weighted by Gasteiger charge is 2.29. The number of carbonyl (C=O) groups is 2. The van der Waals surface area contributed by atoms with Gasteiger partial charge in [0.05, 0.1) is 5.41 Å². The van der Waals surface area contributed by atoms with Crippen molar-refractivity contribution in [2.75, 3.05) is 11.9 Å². The average Bonchev–Trinajstić information content (AvgIpc) is 2.47. The van der Waals surface area contributed by atoms with Crippen LogP contribution >= 0.6 is 0 Å². The molecule has 0 saturated carbocycles. The first kappa shape index (κ1) is 19.2. The van der Waals surface area contributed by atoms with Gasteiger partial charge >= 0.3 is 5.97 Å². The Morgan fingerprint density at radius 2 is 1.74 bits per heavy atom. The van der Waals surface area contributed by atoms with Crippen LogP contribution in [0.1, 0.15) is 46.6 Å². The van der Waals surface area contributed by atoms with Crippen LogP contribution in [0.5, 0.6) is 0 Å². The van der Waals surface area contributed by atoms with E-state index in [1.807, 2.05) is 0 Å². The molecule has 1 atom stereocenters. The van der Waals surface area contributed by atoms with E-state index in [4.69, 9.17) is 4.74 Å². The molecule has 0 saturated heterocycles.